The maximum absolute atomic E-state index is 10.9. The predicted molar refractivity (Wildman–Crippen MR) is 61.9 cm³/mol. The van der Waals surface area contributed by atoms with Crippen molar-refractivity contribution in [3.63, 3.8) is 0 Å². The van der Waals surface area contributed by atoms with Crippen molar-refractivity contribution >= 4 is 23.6 Å². The molecule has 80 valence electrons. The van der Waals surface area contributed by atoms with Gasteiger partial charge in [-0.25, -0.2) is 4.79 Å². The molecule has 0 spiro atoms. The van der Waals surface area contributed by atoms with Crippen LogP contribution in [0.1, 0.15) is 19.4 Å². The Morgan fingerprint density at radius 3 is 2.27 bits per heavy atom. The maximum Gasteiger partial charge on any atom is 0.331 e. The van der Waals surface area contributed by atoms with E-state index in [2.05, 4.69) is 0 Å². The molecule has 0 heterocycles. The molecule has 0 atom stereocenters. The van der Waals surface area contributed by atoms with Crippen molar-refractivity contribution in [2.24, 2.45) is 5.92 Å². The standard InChI is InChI=1S/C12H13ClO2/c1-8(2)11(12(14)15)7-9-3-5-10(13)6-4-9/h3-8H,1-2H3,(H,14,15)/b11-7+. The Bertz CT molecular complexity index is 377. The lowest BCUT2D eigenvalue weighted by molar-refractivity contribution is -0.133. The fraction of sp³-hybridized carbons (Fsp3) is 0.250. The average Bonchev–Trinajstić information content (AvgIpc) is 2.15. The highest BCUT2D eigenvalue weighted by Crippen LogP contribution is 2.16. The van der Waals surface area contributed by atoms with E-state index >= 15 is 0 Å². The molecule has 1 aromatic rings. The van der Waals surface area contributed by atoms with Crippen LogP contribution in [0.5, 0.6) is 0 Å². The Morgan fingerprint density at radius 1 is 1.33 bits per heavy atom. The molecule has 0 saturated carbocycles. The van der Waals surface area contributed by atoms with Crippen molar-refractivity contribution in [2.45, 2.75) is 13.8 Å². The minimum Gasteiger partial charge on any atom is -0.478 e. The fourth-order valence-electron chi connectivity index (χ4n) is 1.21. The van der Waals surface area contributed by atoms with Gasteiger partial charge in [0.15, 0.2) is 0 Å². The predicted octanol–water partition coefficient (Wildman–Crippen LogP) is 3.46. The molecule has 0 aliphatic carbocycles. The summed E-state index contributed by atoms with van der Waals surface area (Å²) in [4.78, 5) is 10.9. The van der Waals surface area contributed by atoms with Crippen molar-refractivity contribution in [1.82, 2.24) is 0 Å². The summed E-state index contributed by atoms with van der Waals surface area (Å²) in [5, 5.41) is 9.61. The van der Waals surface area contributed by atoms with Crippen molar-refractivity contribution in [3.8, 4) is 0 Å². The molecule has 0 aliphatic rings. The van der Waals surface area contributed by atoms with E-state index < -0.39 is 5.97 Å². The summed E-state index contributed by atoms with van der Waals surface area (Å²) in [6.45, 7) is 3.71. The van der Waals surface area contributed by atoms with Gasteiger partial charge in [0.1, 0.15) is 0 Å². The molecule has 1 N–H and O–H groups in total. The van der Waals surface area contributed by atoms with E-state index in [4.69, 9.17) is 16.7 Å². The molecule has 0 aromatic heterocycles. The van der Waals surface area contributed by atoms with Gasteiger partial charge in [0.2, 0.25) is 0 Å². The molecule has 0 radical (unpaired) electrons. The lowest BCUT2D eigenvalue weighted by Gasteiger charge is -2.05. The number of rotatable bonds is 3. The van der Waals surface area contributed by atoms with Crippen LogP contribution in [-0.4, -0.2) is 11.1 Å². The zero-order valence-electron chi connectivity index (χ0n) is 8.70. The molecule has 0 saturated heterocycles. The van der Waals surface area contributed by atoms with Gasteiger partial charge in [0.05, 0.1) is 0 Å². The smallest absolute Gasteiger partial charge is 0.331 e. The highest BCUT2D eigenvalue weighted by atomic mass is 35.5. The summed E-state index contributed by atoms with van der Waals surface area (Å²) >= 11 is 5.74. The molecule has 0 bridgehead atoms. The number of halogens is 1. The number of carboxylic acid groups (broad SMARTS) is 1. The molecule has 3 heteroatoms. The van der Waals surface area contributed by atoms with Crippen molar-refractivity contribution in [3.05, 3.63) is 40.4 Å². The highest BCUT2D eigenvalue weighted by Gasteiger charge is 2.11. The van der Waals surface area contributed by atoms with Crippen LogP contribution in [0.15, 0.2) is 29.8 Å². The Hall–Kier alpha value is -1.28. The number of carboxylic acids is 1. The first-order chi connectivity index (χ1) is 7.00. The molecule has 0 unspecified atom stereocenters. The molecule has 0 amide bonds. The van der Waals surface area contributed by atoms with Crippen molar-refractivity contribution < 1.29 is 9.90 Å². The van der Waals surface area contributed by atoms with Crippen LogP contribution < -0.4 is 0 Å². The van der Waals surface area contributed by atoms with Crippen LogP contribution >= 0.6 is 11.6 Å². The van der Waals surface area contributed by atoms with Crippen LogP contribution in [-0.2, 0) is 4.79 Å². The van der Waals surface area contributed by atoms with Crippen molar-refractivity contribution in [2.75, 3.05) is 0 Å². The number of hydrogen-bond acceptors (Lipinski definition) is 1. The SMILES string of the molecule is CC(C)/C(=C\c1ccc(Cl)cc1)C(=O)O. The van der Waals surface area contributed by atoms with E-state index in [1.165, 1.54) is 0 Å². The highest BCUT2D eigenvalue weighted by molar-refractivity contribution is 6.30. The third-order valence-electron chi connectivity index (χ3n) is 2.06. The van der Waals surface area contributed by atoms with Crippen LogP contribution in [0, 0.1) is 5.92 Å². The van der Waals surface area contributed by atoms with E-state index in [-0.39, 0.29) is 5.92 Å². The second-order valence-corrected chi connectivity index (χ2v) is 4.05. The van der Waals surface area contributed by atoms with Gasteiger partial charge in [0, 0.05) is 10.6 Å². The first-order valence-electron chi connectivity index (χ1n) is 4.71. The fourth-order valence-corrected chi connectivity index (χ4v) is 1.34. The molecule has 0 fully saturated rings. The minimum atomic E-state index is -0.875. The van der Waals surface area contributed by atoms with Gasteiger partial charge in [0.25, 0.3) is 0 Å². The van der Waals surface area contributed by atoms with E-state index in [1.54, 1.807) is 30.3 Å². The van der Waals surface area contributed by atoms with Crippen LogP contribution in [0.2, 0.25) is 5.02 Å². The van der Waals surface area contributed by atoms with Crippen molar-refractivity contribution in [1.29, 1.82) is 0 Å². The number of hydrogen-bond donors (Lipinski definition) is 1. The normalized spacial score (nSPS) is 11.9. The molecular formula is C12H13ClO2. The van der Waals surface area contributed by atoms with Crippen LogP contribution in [0.25, 0.3) is 6.08 Å². The number of carbonyl (C=O) groups is 1. The van der Waals surface area contributed by atoms with E-state index in [1.807, 2.05) is 13.8 Å². The van der Waals surface area contributed by atoms with Gasteiger partial charge in [-0.2, -0.15) is 0 Å². The zero-order valence-corrected chi connectivity index (χ0v) is 9.45. The van der Waals surface area contributed by atoms with Gasteiger partial charge < -0.3 is 5.11 Å². The second kappa shape index (κ2) is 4.99. The van der Waals surface area contributed by atoms with Crippen LogP contribution in [0.4, 0.5) is 0 Å². The van der Waals surface area contributed by atoms with Gasteiger partial charge in [-0.15, -0.1) is 0 Å². The lowest BCUT2D eigenvalue weighted by atomic mass is 10.0. The zero-order chi connectivity index (χ0) is 11.4. The first kappa shape index (κ1) is 11.8. The molecular weight excluding hydrogens is 212 g/mol. The molecule has 1 aromatic carbocycles. The third kappa shape index (κ3) is 3.40. The topological polar surface area (TPSA) is 37.3 Å². The lowest BCUT2D eigenvalue weighted by Crippen LogP contribution is -2.06. The molecule has 2 nitrogen and oxygen atoms in total. The summed E-state index contributed by atoms with van der Waals surface area (Å²) in [6.07, 6.45) is 1.67. The van der Waals surface area contributed by atoms with Crippen LogP contribution in [0.3, 0.4) is 0 Å². The second-order valence-electron chi connectivity index (χ2n) is 3.61. The molecule has 0 aliphatic heterocycles. The Balaban J connectivity index is 3.02. The largest absolute Gasteiger partial charge is 0.478 e. The number of aliphatic carboxylic acids is 1. The number of benzene rings is 1. The molecule has 15 heavy (non-hydrogen) atoms. The maximum atomic E-state index is 10.9. The monoisotopic (exact) mass is 224 g/mol. The summed E-state index contributed by atoms with van der Waals surface area (Å²) in [7, 11) is 0. The summed E-state index contributed by atoms with van der Waals surface area (Å²) in [6, 6.07) is 7.08. The van der Waals surface area contributed by atoms with Gasteiger partial charge in [-0.1, -0.05) is 37.6 Å². The summed E-state index contributed by atoms with van der Waals surface area (Å²) in [5.74, 6) is -0.877. The van der Waals surface area contributed by atoms with E-state index in [9.17, 15) is 4.79 Å². The minimum absolute atomic E-state index is 0.00169. The Labute approximate surface area is 94.2 Å². The Kier molecular flexibility index (Phi) is 3.92. The average molecular weight is 225 g/mol. The molecule has 1 rings (SSSR count). The van der Waals surface area contributed by atoms with E-state index in [0.29, 0.717) is 10.6 Å². The quantitative estimate of drug-likeness (QED) is 0.799. The van der Waals surface area contributed by atoms with E-state index in [0.717, 1.165) is 5.56 Å². The third-order valence-corrected chi connectivity index (χ3v) is 2.31. The summed E-state index contributed by atoms with van der Waals surface area (Å²) in [5.41, 5.74) is 1.25. The summed E-state index contributed by atoms with van der Waals surface area (Å²) < 4.78 is 0. The van der Waals surface area contributed by atoms with Gasteiger partial charge in [-0.3, -0.25) is 0 Å². The van der Waals surface area contributed by atoms with Gasteiger partial charge in [-0.05, 0) is 29.7 Å². The van der Waals surface area contributed by atoms with Gasteiger partial charge >= 0.3 is 5.97 Å². The Morgan fingerprint density at radius 2 is 1.87 bits per heavy atom. The first-order valence-corrected chi connectivity index (χ1v) is 5.09.